The molecule has 5 nitrogen and oxygen atoms in total. The van der Waals surface area contributed by atoms with Crippen molar-refractivity contribution in [3.8, 4) is 11.1 Å². The van der Waals surface area contributed by atoms with Crippen molar-refractivity contribution < 1.29 is 9.53 Å². The van der Waals surface area contributed by atoms with Crippen LogP contribution in [-0.2, 0) is 11.3 Å². The first-order valence-electron chi connectivity index (χ1n) is 9.19. The predicted molar refractivity (Wildman–Crippen MR) is 116 cm³/mol. The molecule has 0 N–H and O–H groups in total. The van der Waals surface area contributed by atoms with Gasteiger partial charge in [0.1, 0.15) is 4.83 Å². The molecule has 0 saturated heterocycles. The van der Waals surface area contributed by atoms with Gasteiger partial charge in [0, 0.05) is 10.9 Å². The Kier molecular flexibility index (Phi) is 5.03. The summed E-state index contributed by atoms with van der Waals surface area (Å²) in [5, 5.41) is 2.65. The number of thiophene rings is 1. The highest BCUT2D eigenvalue weighted by molar-refractivity contribution is 7.17. The maximum Gasteiger partial charge on any atom is 0.337 e. The minimum absolute atomic E-state index is 0.0664. The number of benzene rings is 2. The number of carbonyl (C=O) groups is 1. The molecule has 0 spiro atoms. The zero-order valence-corrected chi connectivity index (χ0v) is 17.2. The summed E-state index contributed by atoms with van der Waals surface area (Å²) in [6.45, 7) is 4.50. The Morgan fingerprint density at radius 1 is 1.10 bits per heavy atom. The van der Waals surface area contributed by atoms with Crippen LogP contribution in [0.25, 0.3) is 21.3 Å². The molecule has 0 unspecified atom stereocenters. The Morgan fingerprint density at radius 2 is 1.86 bits per heavy atom. The highest BCUT2D eigenvalue weighted by Gasteiger charge is 2.15. The zero-order chi connectivity index (χ0) is 20.5. The molecule has 0 saturated carbocycles. The Morgan fingerprint density at radius 3 is 2.55 bits per heavy atom. The molecular formula is C23H20N2O3S. The van der Waals surface area contributed by atoms with E-state index in [1.165, 1.54) is 24.0 Å². The molecule has 2 aromatic heterocycles. The molecule has 29 heavy (non-hydrogen) atoms. The molecular weight excluding hydrogens is 384 g/mol. The van der Waals surface area contributed by atoms with E-state index in [9.17, 15) is 9.59 Å². The number of aromatic nitrogens is 2. The molecule has 0 amide bonds. The van der Waals surface area contributed by atoms with Crippen molar-refractivity contribution in [2.45, 2.75) is 20.4 Å². The number of methoxy groups -OCH3 is 1. The molecule has 0 aliphatic carbocycles. The van der Waals surface area contributed by atoms with Crippen LogP contribution in [0.2, 0.25) is 0 Å². The molecule has 4 aromatic rings. The topological polar surface area (TPSA) is 61.2 Å². The third-order valence-corrected chi connectivity index (χ3v) is 5.85. The number of rotatable bonds is 4. The van der Waals surface area contributed by atoms with Gasteiger partial charge in [-0.05, 0) is 42.7 Å². The Balaban J connectivity index is 1.74. The highest BCUT2D eigenvalue weighted by atomic mass is 32.1. The monoisotopic (exact) mass is 404 g/mol. The van der Waals surface area contributed by atoms with Crippen LogP contribution < -0.4 is 5.56 Å². The summed E-state index contributed by atoms with van der Waals surface area (Å²) in [6.07, 6.45) is 1.58. The van der Waals surface area contributed by atoms with Crippen molar-refractivity contribution in [1.29, 1.82) is 0 Å². The van der Waals surface area contributed by atoms with Crippen molar-refractivity contribution in [3.63, 3.8) is 0 Å². The van der Waals surface area contributed by atoms with Gasteiger partial charge in [0.2, 0.25) is 0 Å². The van der Waals surface area contributed by atoms with Crippen LogP contribution in [0, 0.1) is 13.8 Å². The molecule has 0 bridgehead atoms. The summed E-state index contributed by atoms with van der Waals surface area (Å²) in [5.41, 5.74) is 5.63. The van der Waals surface area contributed by atoms with Gasteiger partial charge in [0.15, 0.2) is 0 Å². The minimum Gasteiger partial charge on any atom is -0.465 e. The van der Waals surface area contributed by atoms with E-state index in [0.717, 1.165) is 27.1 Å². The molecule has 0 aliphatic rings. The van der Waals surface area contributed by atoms with Gasteiger partial charge in [0.05, 0.1) is 30.9 Å². The molecule has 0 fully saturated rings. The lowest BCUT2D eigenvalue weighted by Crippen LogP contribution is -2.21. The number of nitrogens with zero attached hydrogens (tertiary/aromatic N) is 2. The average Bonchev–Trinajstić information content (AvgIpc) is 3.14. The van der Waals surface area contributed by atoms with Crippen LogP contribution >= 0.6 is 11.3 Å². The minimum atomic E-state index is -0.381. The summed E-state index contributed by atoms with van der Waals surface area (Å²) in [7, 11) is 1.35. The smallest absolute Gasteiger partial charge is 0.337 e. The van der Waals surface area contributed by atoms with Gasteiger partial charge < -0.3 is 4.74 Å². The Hall–Kier alpha value is -3.25. The van der Waals surface area contributed by atoms with E-state index in [1.807, 2.05) is 17.5 Å². The quantitative estimate of drug-likeness (QED) is 0.467. The predicted octanol–water partition coefficient (Wildman–Crippen LogP) is 4.58. The van der Waals surface area contributed by atoms with Crippen molar-refractivity contribution in [2.75, 3.05) is 7.11 Å². The lowest BCUT2D eigenvalue weighted by Gasteiger charge is -2.09. The number of aryl methyl sites for hydroxylation is 2. The van der Waals surface area contributed by atoms with Crippen LogP contribution in [0.15, 0.2) is 59.0 Å². The molecule has 0 aliphatic heterocycles. The second kappa shape index (κ2) is 7.64. The fraction of sp³-hybridized carbons (Fsp3) is 0.174. The first-order chi connectivity index (χ1) is 14.0. The maximum atomic E-state index is 13.2. The van der Waals surface area contributed by atoms with E-state index in [-0.39, 0.29) is 11.5 Å². The molecule has 0 atom stereocenters. The van der Waals surface area contributed by atoms with E-state index in [4.69, 9.17) is 4.74 Å². The number of fused-ring (bicyclic) bond motifs is 1. The van der Waals surface area contributed by atoms with Crippen LogP contribution in [0.4, 0.5) is 0 Å². The zero-order valence-electron chi connectivity index (χ0n) is 16.4. The fourth-order valence-electron chi connectivity index (χ4n) is 3.45. The highest BCUT2D eigenvalue weighted by Crippen LogP contribution is 2.33. The number of ether oxygens (including phenoxy) is 1. The van der Waals surface area contributed by atoms with Crippen molar-refractivity contribution in [3.05, 3.63) is 86.8 Å². The van der Waals surface area contributed by atoms with Crippen molar-refractivity contribution in [2.24, 2.45) is 0 Å². The first-order valence-corrected chi connectivity index (χ1v) is 10.1. The SMILES string of the molecule is COC(=O)c1ccc(Cn2cnc3scc(-c4ccc(C)cc4C)c3c2=O)cc1. The molecule has 2 aromatic carbocycles. The van der Waals surface area contributed by atoms with Gasteiger partial charge in [-0.3, -0.25) is 9.36 Å². The van der Waals surface area contributed by atoms with E-state index in [1.54, 1.807) is 23.0 Å². The second-order valence-corrected chi connectivity index (χ2v) is 7.87. The largest absolute Gasteiger partial charge is 0.465 e. The normalized spacial score (nSPS) is 11.0. The Bertz CT molecular complexity index is 1270. The molecule has 6 heteroatoms. The summed E-state index contributed by atoms with van der Waals surface area (Å²) < 4.78 is 6.33. The lowest BCUT2D eigenvalue weighted by molar-refractivity contribution is 0.0600. The lowest BCUT2D eigenvalue weighted by atomic mass is 9.99. The van der Waals surface area contributed by atoms with Crippen LogP contribution in [0.5, 0.6) is 0 Å². The van der Waals surface area contributed by atoms with E-state index < -0.39 is 0 Å². The summed E-state index contributed by atoms with van der Waals surface area (Å²) >= 11 is 1.48. The summed E-state index contributed by atoms with van der Waals surface area (Å²) in [6, 6.07) is 13.3. The average molecular weight is 404 g/mol. The van der Waals surface area contributed by atoms with Crippen LogP contribution in [-0.4, -0.2) is 22.6 Å². The number of hydrogen-bond acceptors (Lipinski definition) is 5. The first kappa shape index (κ1) is 19.1. The second-order valence-electron chi connectivity index (χ2n) is 7.01. The third kappa shape index (κ3) is 3.59. The third-order valence-electron chi connectivity index (χ3n) is 4.96. The van der Waals surface area contributed by atoms with Crippen LogP contribution in [0.3, 0.4) is 0 Å². The van der Waals surface area contributed by atoms with E-state index >= 15 is 0 Å². The Labute approximate surface area is 172 Å². The van der Waals surface area contributed by atoms with Gasteiger partial charge in [-0.1, -0.05) is 35.9 Å². The molecule has 4 rings (SSSR count). The standard InChI is InChI=1S/C23H20N2O3S/c1-14-4-9-18(15(2)10-14)19-12-29-21-20(19)22(26)25(13-24-21)11-16-5-7-17(8-6-16)23(27)28-3/h4-10,12-13H,11H2,1-3H3. The maximum absolute atomic E-state index is 13.2. The van der Waals surface area contributed by atoms with E-state index in [0.29, 0.717) is 17.5 Å². The van der Waals surface area contributed by atoms with Crippen molar-refractivity contribution >= 4 is 27.5 Å². The van der Waals surface area contributed by atoms with Gasteiger partial charge >= 0.3 is 5.97 Å². The number of esters is 1. The van der Waals surface area contributed by atoms with Gasteiger partial charge in [-0.15, -0.1) is 11.3 Å². The number of hydrogen-bond donors (Lipinski definition) is 0. The van der Waals surface area contributed by atoms with Crippen molar-refractivity contribution in [1.82, 2.24) is 9.55 Å². The van der Waals surface area contributed by atoms with Gasteiger partial charge in [-0.25, -0.2) is 9.78 Å². The number of carbonyl (C=O) groups excluding carboxylic acids is 1. The van der Waals surface area contributed by atoms with Crippen LogP contribution in [0.1, 0.15) is 27.0 Å². The van der Waals surface area contributed by atoms with E-state index in [2.05, 4.69) is 37.0 Å². The molecule has 146 valence electrons. The summed E-state index contributed by atoms with van der Waals surface area (Å²) in [4.78, 5) is 30.1. The molecule has 0 radical (unpaired) electrons. The molecule has 2 heterocycles. The van der Waals surface area contributed by atoms with Gasteiger partial charge in [-0.2, -0.15) is 0 Å². The fourth-order valence-corrected chi connectivity index (χ4v) is 4.35. The van der Waals surface area contributed by atoms with Gasteiger partial charge in [0.25, 0.3) is 5.56 Å². The summed E-state index contributed by atoms with van der Waals surface area (Å²) in [5.74, 6) is -0.381.